The number of piperidine rings is 1. The maximum atomic E-state index is 12.9. The van der Waals surface area contributed by atoms with Crippen molar-refractivity contribution in [1.29, 1.82) is 0 Å². The van der Waals surface area contributed by atoms with Crippen molar-refractivity contribution in [2.24, 2.45) is 5.92 Å². The van der Waals surface area contributed by atoms with Gasteiger partial charge in [-0.05, 0) is 30.9 Å². The molecule has 0 unspecified atom stereocenters. The third kappa shape index (κ3) is 4.65. The second-order valence-electron chi connectivity index (χ2n) is 6.31. The predicted molar refractivity (Wildman–Crippen MR) is 95.0 cm³/mol. The van der Waals surface area contributed by atoms with Crippen LogP contribution in [-0.2, 0) is 0 Å². The molecule has 0 atom stereocenters. The number of anilines is 2. The highest BCUT2D eigenvalue weighted by molar-refractivity contribution is 5.89. The Morgan fingerprint density at radius 1 is 1.24 bits per heavy atom. The lowest BCUT2D eigenvalue weighted by molar-refractivity contribution is 0.184. The summed E-state index contributed by atoms with van der Waals surface area (Å²) in [5.41, 5.74) is 0.808. The summed E-state index contributed by atoms with van der Waals surface area (Å²) in [6.45, 7) is 2.24. The van der Waals surface area contributed by atoms with Gasteiger partial charge in [0.15, 0.2) is 5.82 Å². The molecule has 0 aliphatic carbocycles. The third-order valence-corrected chi connectivity index (χ3v) is 4.41. The Hall–Kier alpha value is -2.70. The van der Waals surface area contributed by atoms with E-state index < -0.39 is 5.82 Å². The van der Waals surface area contributed by atoms with Crippen molar-refractivity contribution in [3.63, 3.8) is 0 Å². The number of urea groups is 1. The van der Waals surface area contributed by atoms with E-state index in [4.69, 9.17) is 0 Å². The lowest BCUT2D eigenvalue weighted by Crippen LogP contribution is -2.43. The molecule has 2 aromatic rings. The second-order valence-corrected chi connectivity index (χ2v) is 6.31. The number of para-hydroxylation sites is 1. The van der Waals surface area contributed by atoms with E-state index in [-0.39, 0.29) is 6.03 Å². The number of nitrogens with one attached hydrogen (secondary N) is 1. The van der Waals surface area contributed by atoms with Crippen molar-refractivity contribution in [2.75, 3.05) is 36.9 Å². The van der Waals surface area contributed by atoms with Crippen molar-refractivity contribution in [3.8, 4) is 0 Å². The molecule has 3 rings (SSSR count). The van der Waals surface area contributed by atoms with Crippen molar-refractivity contribution in [3.05, 3.63) is 48.5 Å². The zero-order valence-corrected chi connectivity index (χ0v) is 14.2. The standard InChI is InChI=1S/C18H22FN5O/c1-23(17-20-11-15(19)12-21-17)13-14-7-9-24(10-8-14)18(25)22-16-5-3-2-4-6-16/h2-6,11-12,14H,7-10,13H2,1H3,(H,22,25). The number of rotatable bonds is 4. The molecule has 0 radical (unpaired) electrons. The first-order chi connectivity index (χ1) is 12.1. The fourth-order valence-electron chi connectivity index (χ4n) is 3.01. The molecule has 1 fully saturated rings. The molecule has 0 saturated carbocycles. The summed E-state index contributed by atoms with van der Waals surface area (Å²) in [6.07, 6.45) is 4.20. The van der Waals surface area contributed by atoms with Gasteiger partial charge in [-0.25, -0.2) is 19.2 Å². The highest BCUT2D eigenvalue weighted by Crippen LogP contribution is 2.20. The van der Waals surface area contributed by atoms with Crippen LogP contribution >= 0.6 is 0 Å². The van der Waals surface area contributed by atoms with E-state index in [1.54, 1.807) is 0 Å². The van der Waals surface area contributed by atoms with Gasteiger partial charge in [-0.1, -0.05) is 18.2 Å². The lowest BCUT2D eigenvalue weighted by atomic mass is 9.96. The highest BCUT2D eigenvalue weighted by atomic mass is 19.1. The molecule has 1 aliphatic heterocycles. The van der Waals surface area contributed by atoms with Gasteiger partial charge >= 0.3 is 6.03 Å². The van der Waals surface area contributed by atoms with Crippen molar-refractivity contribution < 1.29 is 9.18 Å². The summed E-state index contributed by atoms with van der Waals surface area (Å²) >= 11 is 0. The van der Waals surface area contributed by atoms with Crippen LogP contribution in [0.4, 0.5) is 20.8 Å². The van der Waals surface area contributed by atoms with E-state index in [9.17, 15) is 9.18 Å². The maximum absolute atomic E-state index is 12.9. The number of amides is 2. The summed E-state index contributed by atoms with van der Waals surface area (Å²) in [7, 11) is 1.90. The van der Waals surface area contributed by atoms with E-state index in [0.29, 0.717) is 11.9 Å². The molecule has 1 saturated heterocycles. The van der Waals surface area contributed by atoms with E-state index in [0.717, 1.165) is 38.2 Å². The Morgan fingerprint density at radius 3 is 2.52 bits per heavy atom. The summed E-state index contributed by atoms with van der Waals surface area (Å²) in [6, 6.07) is 9.41. The molecule has 1 aromatic heterocycles. The van der Waals surface area contributed by atoms with Crippen molar-refractivity contribution in [1.82, 2.24) is 14.9 Å². The van der Waals surface area contributed by atoms with Crippen LogP contribution in [0.25, 0.3) is 0 Å². The number of carbonyl (C=O) groups excluding carboxylic acids is 1. The first kappa shape index (κ1) is 17.1. The molecule has 132 valence electrons. The Balaban J connectivity index is 1.46. The number of carbonyl (C=O) groups is 1. The van der Waals surface area contributed by atoms with Gasteiger partial charge in [0.2, 0.25) is 5.95 Å². The van der Waals surface area contributed by atoms with Gasteiger partial charge in [-0.2, -0.15) is 0 Å². The average Bonchev–Trinajstić information content (AvgIpc) is 2.63. The lowest BCUT2D eigenvalue weighted by Gasteiger charge is -2.33. The van der Waals surface area contributed by atoms with E-state index >= 15 is 0 Å². The van der Waals surface area contributed by atoms with E-state index in [1.165, 1.54) is 12.4 Å². The zero-order chi connectivity index (χ0) is 17.6. The first-order valence-corrected chi connectivity index (χ1v) is 8.41. The SMILES string of the molecule is CN(CC1CCN(C(=O)Nc2ccccc2)CC1)c1ncc(F)cn1. The highest BCUT2D eigenvalue weighted by Gasteiger charge is 2.24. The number of benzene rings is 1. The van der Waals surface area contributed by atoms with Gasteiger partial charge in [0.1, 0.15) is 0 Å². The number of halogens is 1. The summed E-state index contributed by atoms with van der Waals surface area (Å²) in [5.74, 6) is 0.542. The molecule has 6 nitrogen and oxygen atoms in total. The van der Waals surface area contributed by atoms with Crippen LogP contribution in [0.15, 0.2) is 42.7 Å². The van der Waals surface area contributed by atoms with E-state index in [2.05, 4.69) is 15.3 Å². The van der Waals surface area contributed by atoms with Gasteiger partial charge in [-0.3, -0.25) is 0 Å². The molecule has 1 aliphatic rings. The number of aromatic nitrogens is 2. The maximum Gasteiger partial charge on any atom is 0.321 e. The Kier molecular flexibility index (Phi) is 5.42. The van der Waals surface area contributed by atoms with Gasteiger partial charge < -0.3 is 15.1 Å². The first-order valence-electron chi connectivity index (χ1n) is 8.41. The number of likely N-dealkylation sites (tertiary alicyclic amines) is 1. The third-order valence-electron chi connectivity index (χ3n) is 4.41. The Labute approximate surface area is 146 Å². The van der Waals surface area contributed by atoms with Crippen LogP contribution in [0.5, 0.6) is 0 Å². The molecule has 1 aromatic carbocycles. The van der Waals surface area contributed by atoms with Crippen LogP contribution in [0, 0.1) is 11.7 Å². The van der Waals surface area contributed by atoms with Crippen LogP contribution in [0.3, 0.4) is 0 Å². The second kappa shape index (κ2) is 7.92. The van der Waals surface area contributed by atoms with Crippen LogP contribution in [-0.4, -0.2) is 47.6 Å². The summed E-state index contributed by atoms with van der Waals surface area (Å²) in [5, 5.41) is 2.92. The van der Waals surface area contributed by atoms with Crippen molar-refractivity contribution >= 4 is 17.7 Å². The smallest absolute Gasteiger partial charge is 0.321 e. The van der Waals surface area contributed by atoms with Gasteiger partial charge in [0.05, 0.1) is 12.4 Å². The summed E-state index contributed by atoms with van der Waals surface area (Å²) < 4.78 is 12.9. The van der Waals surface area contributed by atoms with Crippen LogP contribution in [0.2, 0.25) is 0 Å². The topological polar surface area (TPSA) is 61.4 Å². The molecule has 2 amide bonds. The molecular formula is C18H22FN5O. The van der Waals surface area contributed by atoms with Crippen LogP contribution < -0.4 is 10.2 Å². The fourth-order valence-corrected chi connectivity index (χ4v) is 3.01. The minimum absolute atomic E-state index is 0.0557. The van der Waals surface area contributed by atoms with Crippen molar-refractivity contribution in [2.45, 2.75) is 12.8 Å². The number of nitrogens with zero attached hydrogens (tertiary/aromatic N) is 4. The van der Waals surface area contributed by atoms with Gasteiger partial charge in [0, 0.05) is 32.4 Å². The monoisotopic (exact) mass is 343 g/mol. The predicted octanol–water partition coefficient (Wildman–Crippen LogP) is 3.00. The molecule has 1 N–H and O–H groups in total. The Morgan fingerprint density at radius 2 is 1.88 bits per heavy atom. The van der Waals surface area contributed by atoms with Gasteiger partial charge in [0.25, 0.3) is 0 Å². The quantitative estimate of drug-likeness (QED) is 0.927. The fraction of sp³-hybridized carbons (Fsp3) is 0.389. The zero-order valence-electron chi connectivity index (χ0n) is 14.2. The summed E-state index contributed by atoms with van der Waals surface area (Å²) in [4.78, 5) is 24.1. The number of hydrogen-bond donors (Lipinski definition) is 1. The van der Waals surface area contributed by atoms with E-state index in [1.807, 2.05) is 47.2 Å². The average molecular weight is 343 g/mol. The molecule has 0 spiro atoms. The minimum atomic E-state index is -0.435. The molecule has 7 heteroatoms. The Bertz CT molecular complexity index is 686. The normalized spacial score (nSPS) is 15.0. The van der Waals surface area contributed by atoms with Gasteiger partial charge in [-0.15, -0.1) is 0 Å². The molecular weight excluding hydrogens is 321 g/mol. The molecule has 25 heavy (non-hydrogen) atoms. The molecule has 0 bridgehead atoms. The molecule has 2 heterocycles. The minimum Gasteiger partial charge on any atom is -0.344 e. The van der Waals surface area contributed by atoms with Crippen LogP contribution in [0.1, 0.15) is 12.8 Å². The number of hydrogen-bond acceptors (Lipinski definition) is 4. The largest absolute Gasteiger partial charge is 0.344 e.